The molecule has 0 unspecified atom stereocenters. The molecule has 2 heterocycles. The molecule has 0 saturated heterocycles. The number of aryl methyl sites for hydroxylation is 1. The van der Waals surface area contributed by atoms with Gasteiger partial charge >= 0.3 is 0 Å². The van der Waals surface area contributed by atoms with Gasteiger partial charge in [0, 0.05) is 5.38 Å². The minimum atomic E-state index is -0.779. The summed E-state index contributed by atoms with van der Waals surface area (Å²) in [7, 11) is 0. The summed E-state index contributed by atoms with van der Waals surface area (Å²) < 4.78 is 4.97. The first-order valence-electron chi connectivity index (χ1n) is 5.30. The van der Waals surface area contributed by atoms with Crippen LogP contribution in [0.15, 0.2) is 9.90 Å². The van der Waals surface area contributed by atoms with Crippen LogP contribution in [0.3, 0.4) is 0 Å². The zero-order valence-corrected chi connectivity index (χ0v) is 10.3. The Balaban J connectivity index is 2.03. The van der Waals surface area contributed by atoms with Gasteiger partial charge in [0.1, 0.15) is 6.10 Å². The Labute approximate surface area is 102 Å². The molecule has 0 amide bonds. The van der Waals surface area contributed by atoms with Crippen LogP contribution in [0.5, 0.6) is 0 Å². The Kier molecular flexibility index (Phi) is 3.82. The van der Waals surface area contributed by atoms with Crippen molar-refractivity contribution < 1.29 is 9.63 Å². The van der Waals surface area contributed by atoms with Gasteiger partial charge in [-0.25, -0.2) is 4.98 Å². The second-order valence-electron chi connectivity index (χ2n) is 3.68. The predicted molar refractivity (Wildman–Crippen MR) is 62.6 cm³/mol. The standard InChI is InChI=1S/C10H14N4O2S/c1-6-12-7(5-17-6)4-9-13-10(16-14-9)8(15)2-3-11/h5,8,15H,2-4,11H2,1H3/t8-/m0/s1. The highest BCUT2D eigenvalue weighted by molar-refractivity contribution is 7.09. The minimum Gasteiger partial charge on any atom is -0.383 e. The second kappa shape index (κ2) is 5.35. The molecule has 0 fully saturated rings. The van der Waals surface area contributed by atoms with E-state index in [1.807, 2.05) is 12.3 Å². The van der Waals surface area contributed by atoms with Gasteiger partial charge in [0.25, 0.3) is 5.89 Å². The molecule has 17 heavy (non-hydrogen) atoms. The Morgan fingerprint density at radius 2 is 2.35 bits per heavy atom. The monoisotopic (exact) mass is 254 g/mol. The molecular formula is C10H14N4O2S. The molecule has 0 bridgehead atoms. The summed E-state index contributed by atoms with van der Waals surface area (Å²) >= 11 is 1.58. The lowest BCUT2D eigenvalue weighted by Gasteiger charge is -2.00. The van der Waals surface area contributed by atoms with Crippen LogP contribution in [-0.2, 0) is 6.42 Å². The molecule has 0 saturated carbocycles. The fourth-order valence-corrected chi connectivity index (χ4v) is 2.02. The van der Waals surface area contributed by atoms with Crippen LogP contribution in [0.25, 0.3) is 0 Å². The van der Waals surface area contributed by atoms with E-state index in [-0.39, 0.29) is 5.89 Å². The van der Waals surface area contributed by atoms with Crippen LogP contribution in [0.4, 0.5) is 0 Å². The van der Waals surface area contributed by atoms with Gasteiger partial charge in [-0.2, -0.15) is 4.98 Å². The maximum Gasteiger partial charge on any atom is 0.255 e. The van der Waals surface area contributed by atoms with Gasteiger partial charge in [-0.1, -0.05) is 5.16 Å². The molecular weight excluding hydrogens is 240 g/mol. The average Bonchev–Trinajstić information content (AvgIpc) is 2.89. The number of rotatable bonds is 5. The molecule has 2 rings (SSSR count). The van der Waals surface area contributed by atoms with Gasteiger partial charge in [-0.3, -0.25) is 0 Å². The van der Waals surface area contributed by atoms with Crippen molar-refractivity contribution in [3.8, 4) is 0 Å². The van der Waals surface area contributed by atoms with Gasteiger partial charge in [-0.05, 0) is 19.9 Å². The SMILES string of the molecule is Cc1nc(Cc2noc([C@@H](O)CCN)n2)cs1. The largest absolute Gasteiger partial charge is 0.383 e. The lowest BCUT2D eigenvalue weighted by Crippen LogP contribution is -2.07. The third-order valence-electron chi connectivity index (χ3n) is 2.21. The quantitative estimate of drug-likeness (QED) is 0.819. The first kappa shape index (κ1) is 12.2. The number of aliphatic hydroxyl groups excluding tert-OH is 1. The van der Waals surface area contributed by atoms with Crippen molar-refractivity contribution in [1.29, 1.82) is 0 Å². The van der Waals surface area contributed by atoms with Crippen LogP contribution in [0.2, 0.25) is 0 Å². The molecule has 0 aromatic carbocycles. The number of nitrogens with two attached hydrogens (primary N) is 1. The summed E-state index contributed by atoms with van der Waals surface area (Å²) in [5, 5.41) is 16.4. The third kappa shape index (κ3) is 3.09. The summed E-state index contributed by atoms with van der Waals surface area (Å²) in [6.07, 6.45) is 0.152. The van der Waals surface area contributed by atoms with E-state index >= 15 is 0 Å². The van der Waals surface area contributed by atoms with Crippen LogP contribution in [0, 0.1) is 6.92 Å². The molecule has 2 aromatic rings. The number of thiazole rings is 1. The van der Waals surface area contributed by atoms with Gasteiger partial charge in [0.05, 0.1) is 17.1 Å². The number of aromatic nitrogens is 3. The second-order valence-corrected chi connectivity index (χ2v) is 4.74. The lowest BCUT2D eigenvalue weighted by atomic mass is 10.2. The maximum absolute atomic E-state index is 9.61. The van der Waals surface area contributed by atoms with Crippen LogP contribution in [-0.4, -0.2) is 26.8 Å². The Morgan fingerprint density at radius 3 is 3.00 bits per heavy atom. The predicted octanol–water partition coefficient (Wildman–Crippen LogP) is 0.808. The summed E-state index contributed by atoms with van der Waals surface area (Å²) in [6, 6.07) is 0. The molecule has 0 aliphatic heterocycles. The summed E-state index contributed by atoms with van der Waals surface area (Å²) in [5.41, 5.74) is 6.25. The first-order chi connectivity index (χ1) is 8.19. The van der Waals surface area contributed by atoms with E-state index in [1.165, 1.54) is 0 Å². The maximum atomic E-state index is 9.61. The topological polar surface area (TPSA) is 98.1 Å². The van der Waals surface area contributed by atoms with E-state index in [1.54, 1.807) is 11.3 Å². The van der Waals surface area contributed by atoms with Crippen LogP contribution >= 0.6 is 11.3 Å². The van der Waals surface area contributed by atoms with E-state index in [0.717, 1.165) is 10.7 Å². The highest BCUT2D eigenvalue weighted by Crippen LogP contribution is 2.15. The van der Waals surface area contributed by atoms with E-state index in [9.17, 15) is 5.11 Å². The van der Waals surface area contributed by atoms with Crippen molar-refractivity contribution in [2.45, 2.75) is 25.9 Å². The smallest absolute Gasteiger partial charge is 0.255 e. The van der Waals surface area contributed by atoms with E-state index in [0.29, 0.717) is 25.2 Å². The van der Waals surface area contributed by atoms with Gasteiger partial charge in [-0.15, -0.1) is 11.3 Å². The van der Waals surface area contributed by atoms with Crippen molar-refractivity contribution in [2.75, 3.05) is 6.54 Å². The Bertz CT molecular complexity index is 482. The van der Waals surface area contributed by atoms with E-state index < -0.39 is 6.10 Å². The molecule has 2 aromatic heterocycles. The molecule has 1 atom stereocenters. The molecule has 6 nitrogen and oxygen atoms in total. The molecule has 0 radical (unpaired) electrons. The zero-order chi connectivity index (χ0) is 12.3. The van der Waals surface area contributed by atoms with Crippen molar-refractivity contribution in [3.05, 3.63) is 27.8 Å². The third-order valence-corrected chi connectivity index (χ3v) is 3.04. The molecule has 92 valence electrons. The van der Waals surface area contributed by atoms with Gasteiger partial charge in [0.2, 0.25) is 0 Å². The number of hydrogen-bond acceptors (Lipinski definition) is 7. The normalized spacial score (nSPS) is 12.9. The lowest BCUT2D eigenvalue weighted by molar-refractivity contribution is 0.127. The molecule has 0 spiro atoms. The Morgan fingerprint density at radius 1 is 1.53 bits per heavy atom. The van der Waals surface area contributed by atoms with Crippen molar-refractivity contribution in [2.24, 2.45) is 5.73 Å². The summed E-state index contributed by atoms with van der Waals surface area (Å²) in [4.78, 5) is 8.43. The highest BCUT2D eigenvalue weighted by Gasteiger charge is 2.15. The van der Waals surface area contributed by atoms with Crippen LogP contribution in [0.1, 0.15) is 34.9 Å². The molecule has 3 N–H and O–H groups in total. The first-order valence-corrected chi connectivity index (χ1v) is 6.18. The minimum absolute atomic E-state index is 0.220. The van der Waals surface area contributed by atoms with Gasteiger partial charge in [0.15, 0.2) is 5.82 Å². The molecule has 7 heteroatoms. The average molecular weight is 254 g/mol. The van der Waals surface area contributed by atoms with Crippen molar-refractivity contribution in [1.82, 2.24) is 15.1 Å². The fraction of sp³-hybridized carbons (Fsp3) is 0.500. The van der Waals surface area contributed by atoms with Crippen molar-refractivity contribution >= 4 is 11.3 Å². The molecule has 0 aliphatic carbocycles. The fourth-order valence-electron chi connectivity index (χ4n) is 1.41. The number of hydrogen-bond donors (Lipinski definition) is 2. The number of nitrogens with zero attached hydrogens (tertiary/aromatic N) is 3. The summed E-state index contributed by atoms with van der Waals surface area (Å²) in [6.45, 7) is 2.32. The van der Waals surface area contributed by atoms with Gasteiger partial charge < -0.3 is 15.4 Å². The van der Waals surface area contributed by atoms with Crippen molar-refractivity contribution in [3.63, 3.8) is 0 Å². The zero-order valence-electron chi connectivity index (χ0n) is 9.46. The number of aliphatic hydroxyl groups is 1. The van der Waals surface area contributed by atoms with E-state index in [2.05, 4.69) is 15.1 Å². The van der Waals surface area contributed by atoms with Crippen LogP contribution < -0.4 is 5.73 Å². The Hall–Kier alpha value is -1.31. The summed E-state index contributed by atoms with van der Waals surface area (Å²) in [5.74, 6) is 0.749. The van der Waals surface area contributed by atoms with E-state index in [4.69, 9.17) is 10.3 Å². The molecule has 0 aliphatic rings. The highest BCUT2D eigenvalue weighted by atomic mass is 32.1.